The van der Waals surface area contributed by atoms with Crippen molar-refractivity contribution in [1.29, 1.82) is 0 Å². The first-order valence-electron chi connectivity index (χ1n) is 12.4. The Morgan fingerprint density at radius 3 is 2.35 bits per heavy atom. The highest BCUT2D eigenvalue weighted by molar-refractivity contribution is 6.30. The molecule has 1 unspecified atom stereocenters. The maximum Gasteiger partial charge on any atom is 0.229 e. The third kappa shape index (κ3) is 4.41. The van der Waals surface area contributed by atoms with E-state index in [4.69, 9.17) is 16.7 Å². The fraction of sp³-hybridized carbons (Fsp3) is 0.615. The van der Waals surface area contributed by atoms with Gasteiger partial charge in [0.1, 0.15) is 0 Å². The molecule has 4 nitrogen and oxygen atoms in total. The zero-order valence-corrected chi connectivity index (χ0v) is 19.2. The Hall–Kier alpha value is -1.81. The van der Waals surface area contributed by atoms with Gasteiger partial charge >= 0.3 is 0 Å². The predicted molar refractivity (Wildman–Crippen MR) is 125 cm³/mol. The minimum Gasteiger partial charge on any atom is -0.353 e. The van der Waals surface area contributed by atoms with Gasteiger partial charge in [0.25, 0.3) is 0 Å². The van der Waals surface area contributed by atoms with E-state index in [-0.39, 0.29) is 11.8 Å². The van der Waals surface area contributed by atoms with Crippen molar-refractivity contribution in [1.82, 2.24) is 15.1 Å². The second kappa shape index (κ2) is 9.36. The number of nitrogens with zero attached hydrogens (tertiary/aromatic N) is 2. The molecule has 3 aliphatic rings. The normalized spacial score (nSPS) is 21.1. The van der Waals surface area contributed by atoms with E-state index >= 15 is 0 Å². The van der Waals surface area contributed by atoms with E-state index in [1.165, 1.54) is 61.9 Å². The molecule has 0 bridgehead atoms. The van der Waals surface area contributed by atoms with Crippen LogP contribution < -0.4 is 5.32 Å². The standard InChI is InChI=1S/C26H34ClN3O/c27-19-14-16-21(17-15-19)30-25(22-12-6-7-13-23(22)29-30)24(18-8-2-1-3-9-18)26(31)28-20-10-4-5-11-20/h14-18,20,24H,1-13H2,(H,28,31). The third-order valence-electron chi connectivity index (χ3n) is 7.67. The first kappa shape index (κ1) is 21.1. The van der Waals surface area contributed by atoms with Gasteiger partial charge in [-0.15, -0.1) is 0 Å². The van der Waals surface area contributed by atoms with Crippen molar-refractivity contribution in [2.24, 2.45) is 5.92 Å². The van der Waals surface area contributed by atoms with E-state index in [1.54, 1.807) is 0 Å². The molecule has 2 saturated carbocycles. The summed E-state index contributed by atoms with van der Waals surface area (Å²) in [6.45, 7) is 0. The molecule has 166 valence electrons. The summed E-state index contributed by atoms with van der Waals surface area (Å²) in [5.41, 5.74) is 4.73. The molecule has 0 aliphatic heterocycles. The summed E-state index contributed by atoms with van der Waals surface area (Å²) in [6, 6.07) is 8.28. The highest BCUT2D eigenvalue weighted by Gasteiger charge is 2.38. The number of hydrogen-bond donors (Lipinski definition) is 1. The molecule has 1 aromatic heterocycles. The number of amides is 1. The maximum atomic E-state index is 13.8. The van der Waals surface area contributed by atoms with Crippen molar-refractivity contribution in [3.05, 3.63) is 46.2 Å². The molecule has 1 amide bonds. The second-order valence-corrected chi connectivity index (χ2v) is 10.2. The number of rotatable bonds is 5. The molecule has 2 aromatic rings. The number of fused-ring (bicyclic) bond motifs is 1. The van der Waals surface area contributed by atoms with E-state index in [2.05, 4.69) is 10.00 Å². The van der Waals surface area contributed by atoms with Gasteiger partial charge in [-0.3, -0.25) is 4.79 Å². The van der Waals surface area contributed by atoms with Crippen molar-refractivity contribution in [3.8, 4) is 5.69 Å². The van der Waals surface area contributed by atoms with Crippen molar-refractivity contribution in [2.75, 3.05) is 0 Å². The molecule has 5 rings (SSSR count). The summed E-state index contributed by atoms with van der Waals surface area (Å²) in [5, 5.41) is 9.26. The number of aromatic nitrogens is 2. The Bertz CT molecular complexity index is 907. The minimum atomic E-state index is -0.106. The Balaban J connectivity index is 1.59. The van der Waals surface area contributed by atoms with Crippen LogP contribution in [0, 0.1) is 5.92 Å². The topological polar surface area (TPSA) is 46.9 Å². The molecule has 0 spiro atoms. The SMILES string of the molecule is O=C(NC1CCCC1)C(c1c2c(nn1-c1ccc(Cl)cc1)CCCC2)C1CCCCC1. The van der Waals surface area contributed by atoms with E-state index in [9.17, 15) is 4.79 Å². The Kier molecular flexibility index (Phi) is 6.36. The molecular weight excluding hydrogens is 406 g/mol. The summed E-state index contributed by atoms with van der Waals surface area (Å²) in [6.07, 6.45) is 15.2. The Morgan fingerprint density at radius 2 is 1.61 bits per heavy atom. The number of benzene rings is 1. The van der Waals surface area contributed by atoms with Crippen molar-refractivity contribution < 1.29 is 4.79 Å². The van der Waals surface area contributed by atoms with Crippen molar-refractivity contribution in [2.45, 2.75) is 95.4 Å². The van der Waals surface area contributed by atoms with E-state index in [0.29, 0.717) is 12.0 Å². The molecule has 1 N–H and O–H groups in total. The van der Waals surface area contributed by atoms with Crippen LogP contribution in [0.4, 0.5) is 0 Å². The molecule has 5 heteroatoms. The van der Waals surface area contributed by atoms with Crippen LogP contribution in [0.1, 0.15) is 93.5 Å². The smallest absolute Gasteiger partial charge is 0.229 e. The Morgan fingerprint density at radius 1 is 0.935 bits per heavy atom. The molecule has 3 aliphatic carbocycles. The van der Waals surface area contributed by atoms with Crippen LogP contribution in [0.5, 0.6) is 0 Å². The number of carbonyl (C=O) groups is 1. The van der Waals surface area contributed by atoms with Crippen LogP contribution in [0.3, 0.4) is 0 Å². The summed E-state index contributed by atoms with van der Waals surface area (Å²) >= 11 is 6.18. The van der Waals surface area contributed by atoms with Gasteiger partial charge in [-0.1, -0.05) is 43.7 Å². The summed E-state index contributed by atoms with van der Waals surface area (Å²) < 4.78 is 2.10. The predicted octanol–water partition coefficient (Wildman–Crippen LogP) is 6.13. The van der Waals surface area contributed by atoms with E-state index in [1.807, 2.05) is 24.3 Å². The first-order valence-corrected chi connectivity index (χ1v) is 12.8. The van der Waals surface area contributed by atoms with Gasteiger partial charge in [0.2, 0.25) is 5.91 Å². The zero-order valence-electron chi connectivity index (χ0n) is 18.4. The highest BCUT2D eigenvalue weighted by atomic mass is 35.5. The molecule has 1 aromatic carbocycles. The number of aryl methyl sites for hydroxylation is 1. The fourth-order valence-electron chi connectivity index (χ4n) is 6.07. The van der Waals surface area contributed by atoms with Crippen LogP contribution in [0.15, 0.2) is 24.3 Å². The van der Waals surface area contributed by atoms with E-state index in [0.717, 1.165) is 49.2 Å². The van der Waals surface area contributed by atoms with Gasteiger partial charge < -0.3 is 5.32 Å². The zero-order chi connectivity index (χ0) is 21.2. The van der Waals surface area contributed by atoms with Gasteiger partial charge in [0.05, 0.1) is 23.0 Å². The van der Waals surface area contributed by atoms with Crippen molar-refractivity contribution in [3.63, 3.8) is 0 Å². The molecular formula is C26H34ClN3O. The third-order valence-corrected chi connectivity index (χ3v) is 7.92. The van der Waals surface area contributed by atoms with Crippen LogP contribution in [-0.4, -0.2) is 21.7 Å². The highest BCUT2D eigenvalue weighted by Crippen LogP contribution is 2.41. The lowest BCUT2D eigenvalue weighted by molar-refractivity contribution is -0.125. The van der Waals surface area contributed by atoms with Crippen LogP contribution in [0.2, 0.25) is 5.02 Å². The average molecular weight is 440 g/mol. The monoisotopic (exact) mass is 439 g/mol. The van der Waals surface area contributed by atoms with Crippen LogP contribution in [-0.2, 0) is 17.6 Å². The number of nitrogens with one attached hydrogen (secondary N) is 1. The number of hydrogen-bond acceptors (Lipinski definition) is 2. The van der Waals surface area contributed by atoms with Crippen molar-refractivity contribution >= 4 is 17.5 Å². The average Bonchev–Trinajstić information content (AvgIpc) is 3.44. The summed E-state index contributed by atoms with van der Waals surface area (Å²) in [4.78, 5) is 13.8. The lowest BCUT2D eigenvalue weighted by Gasteiger charge is -2.32. The summed E-state index contributed by atoms with van der Waals surface area (Å²) in [5.74, 6) is 0.539. The van der Waals surface area contributed by atoms with Gasteiger partial charge in [0.15, 0.2) is 0 Å². The summed E-state index contributed by atoms with van der Waals surface area (Å²) in [7, 11) is 0. The molecule has 1 atom stereocenters. The lowest BCUT2D eigenvalue weighted by Crippen LogP contribution is -2.40. The molecule has 2 fully saturated rings. The molecule has 0 radical (unpaired) electrons. The lowest BCUT2D eigenvalue weighted by atomic mass is 9.76. The largest absolute Gasteiger partial charge is 0.353 e. The maximum absolute atomic E-state index is 13.8. The molecule has 31 heavy (non-hydrogen) atoms. The quantitative estimate of drug-likeness (QED) is 0.609. The van der Waals surface area contributed by atoms with Crippen LogP contribution >= 0.6 is 11.6 Å². The van der Waals surface area contributed by atoms with Gasteiger partial charge in [-0.2, -0.15) is 5.10 Å². The number of carbonyl (C=O) groups excluding carboxylic acids is 1. The van der Waals surface area contributed by atoms with Gasteiger partial charge in [0, 0.05) is 11.1 Å². The Labute approximate surface area is 190 Å². The van der Waals surface area contributed by atoms with Crippen LogP contribution in [0.25, 0.3) is 5.69 Å². The second-order valence-electron chi connectivity index (χ2n) is 9.77. The fourth-order valence-corrected chi connectivity index (χ4v) is 6.19. The van der Waals surface area contributed by atoms with E-state index < -0.39 is 0 Å². The number of halogens is 1. The molecule has 1 heterocycles. The van der Waals surface area contributed by atoms with Gasteiger partial charge in [-0.05, 0) is 87.1 Å². The minimum absolute atomic E-state index is 0.106. The van der Waals surface area contributed by atoms with Gasteiger partial charge in [-0.25, -0.2) is 4.68 Å². The molecule has 0 saturated heterocycles. The first-order chi connectivity index (χ1) is 15.2.